The van der Waals surface area contributed by atoms with Crippen molar-refractivity contribution < 1.29 is 18.4 Å². The van der Waals surface area contributed by atoms with E-state index < -0.39 is 11.7 Å². The average molecular weight is 541 g/mol. The van der Waals surface area contributed by atoms with Crippen molar-refractivity contribution in [3.8, 4) is 28.4 Å². The van der Waals surface area contributed by atoms with Crippen LogP contribution in [-0.2, 0) is 0 Å². The molecule has 9 nitrogen and oxygen atoms in total. The lowest BCUT2D eigenvalue weighted by molar-refractivity contribution is 0.102. The quantitative estimate of drug-likeness (QED) is 0.345. The van der Waals surface area contributed by atoms with Crippen LogP contribution in [0.3, 0.4) is 0 Å². The van der Waals surface area contributed by atoms with Crippen molar-refractivity contribution in [2.45, 2.75) is 6.92 Å². The molecule has 3 aromatic heterocycles. The summed E-state index contributed by atoms with van der Waals surface area (Å²) in [6.45, 7) is 2.89. The van der Waals surface area contributed by atoms with E-state index in [-0.39, 0.29) is 5.56 Å². The van der Waals surface area contributed by atoms with Crippen LogP contribution in [0.4, 0.5) is 10.2 Å². The number of pyridine rings is 2. The van der Waals surface area contributed by atoms with Gasteiger partial charge in [0.05, 0.1) is 15.7 Å². The molecule has 0 saturated carbocycles. The fourth-order valence-electron chi connectivity index (χ4n) is 3.09. The number of nitrogens with one attached hydrogen (secondary N) is 1. The summed E-state index contributed by atoms with van der Waals surface area (Å²) in [5.41, 5.74) is 1.46. The monoisotopic (exact) mass is 540 g/mol. The number of benzene rings is 1. The number of carbonyl (C=O) groups is 1. The third-order valence-corrected chi connectivity index (χ3v) is 5.51. The van der Waals surface area contributed by atoms with E-state index in [2.05, 4.69) is 41.4 Å². The minimum Gasteiger partial charge on any atom is -0.491 e. The molecule has 180 valence electrons. The Morgan fingerprint density at radius 1 is 1.17 bits per heavy atom. The van der Waals surface area contributed by atoms with E-state index >= 15 is 0 Å². The maximum Gasteiger partial charge on any atom is 0.258 e. The Balaban J connectivity index is 1.45. The van der Waals surface area contributed by atoms with Gasteiger partial charge < -0.3 is 19.5 Å². The molecule has 0 unspecified atom stereocenters. The molecule has 0 radical (unpaired) electrons. The maximum atomic E-state index is 14.7. The first-order valence-corrected chi connectivity index (χ1v) is 11.4. The number of aromatic nitrogens is 4. The molecular formula is C24H22BrFN6O3. The van der Waals surface area contributed by atoms with E-state index in [9.17, 15) is 9.18 Å². The Hall–Kier alpha value is -3.70. The molecule has 1 amide bonds. The van der Waals surface area contributed by atoms with E-state index in [0.717, 1.165) is 6.54 Å². The van der Waals surface area contributed by atoms with Gasteiger partial charge in [-0.15, -0.1) is 0 Å². The molecule has 0 atom stereocenters. The van der Waals surface area contributed by atoms with Crippen LogP contribution in [0.25, 0.3) is 22.6 Å². The molecular weight excluding hydrogens is 519 g/mol. The van der Waals surface area contributed by atoms with Gasteiger partial charge in [-0.25, -0.2) is 9.37 Å². The van der Waals surface area contributed by atoms with Crippen molar-refractivity contribution in [1.29, 1.82) is 0 Å². The van der Waals surface area contributed by atoms with Crippen LogP contribution in [0.5, 0.6) is 5.75 Å². The van der Waals surface area contributed by atoms with Crippen LogP contribution < -0.4 is 10.1 Å². The number of aryl methyl sites for hydroxylation is 1. The number of rotatable bonds is 8. The summed E-state index contributed by atoms with van der Waals surface area (Å²) in [5, 5.41) is 6.52. The van der Waals surface area contributed by atoms with Gasteiger partial charge in [0, 0.05) is 43.1 Å². The molecule has 4 rings (SSSR count). The van der Waals surface area contributed by atoms with Gasteiger partial charge in [-0.1, -0.05) is 11.2 Å². The number of hydrogen-bond acceptors (Lipinski definition) is 8. The number of ether oxygens (including phenoxy) is 1. The Bertz CT molecular complexity index is 1340. The zero-order chi connectivity index (χ0) is 24.9. The second kappa shape index (κ2) is 10.7. The van der Waals surface area contributed by atoms with Gasteiger partial charge in [0.2, 0.25) is 11.7 Å². The molecule has 0 aliphatic heterocycles. The Morgan fingerprint density at radius 3 is 2.66 bits per heavy atom. The van der Waals surface area contributed by atoms with Gasteiger partial charge >= 0.3 is 0 Å². The van der Waals surface area contributed by atoms with Crippen molar-refractivity contribution in [2.75, 3.05) is 32.6 Å². The van der Waals surface area contributed by atoms with Crippen LogP contribution in [0, 0.1) is 12.7 Å². The molecule has 3 heterocycles. The molecule has 1 N–H and O–H groups in total. The molecule has 0 bridgehead atoms. The first-order valence-electron chi connectivity index (χ1n) is 10.6. The first-order chi connectivity index (χ1) is 16.8. The highest BCUT2D eigenvalue weighted by Crippen LogP contribution is 2.28. The standard InChI is InChI=1S/C24H22BrFN6O3/c1-14-29-23(31-35-14)15-4-6-17(19(26)10-15)20-7-5-16(12-27-20)24(33)30-22-11-21(18(25)13-28-22)34-9-8-32(2)3/h4-7,10-13H,8-9H2,1-3H3,(H,28,30,33). The largest absolute Gasteiger partial charge is 0.491 e. The Kier molecular flexibility index (Phi) is 7.47. The van der Waals surface area contributed by atoms with Crippen LogP contribution in [0.2, 0.25) is 0 Å². The summed E-state index contributed by atoms with van der Waals surface area (Å²) in [6.07, 6.45) is 2.94. The zero-order valence-electron chi connectivity index (χ0n) is 19.2. The lowest BCUT2D eigenvalue weighted by atomic mass is 10.1. The normalized spacial score (nSPS) is 11.0. The van der Waals surface area contributed by atoms with Crippen molar-refractivity contribution in [2.24, 2.45) is 0 Å². The fourth-order valence-corrected chi connectivity index (χ4v) is 3.42. The number of halogens is 2. The number of carbonyl (C=O) groups excluding carboxylic acids is 1. The van der Waals surface area contributed by atoms with Gasteiger partial charge in [-0.3, -0.25) is 9.78 Å². The van der Waals surface area contributed by atoms with Crippen molar-refractivity contribution in [3.05, 3.63) is 70.5 Å². The number of nitrogens with zero attached hydrogens (tertiary/aromatic N) is 5. The molecule has 0 spiro atoms. The van der Waals surface area contributed by atoms with E-state index in [1.807, 2.05) is 19.0 Å². The third-order valence-electron chi connectivity index (χ3n) is 4.91. The molecule has 4 aromatic rings. The molecule has 0 saturated heterocycles. The third kappa shape index (κ3) is 6.06. The highest BCUT2D eigenvalue weighted by Gasteiger charge is 2.14. The fraction of sp³-hybridized carbons (Fsp3) is 0.208. The SMILES string of the molecule is Cc1nc(-c2ccc(-c3ccc(C(=O)Nc4cc(OCCN(C)C)c(Br)cn4)cn3)c(F)c2)no1. The van der Waals surface area contributed by atoms with E-state index in [1.165, 1.54) is 12.3 Å². The number of anilines is 1. The molecule has 35 heavy (non-hydrogen) atoms. The van der Waals surface area contributed by atoms with Crippen LogP contribution in [-0.4, -0.2) is 58.2 Å². The van der Waals surface area contributed by atoms with Gasteiger partial charge in [0.15, 0.2) is 0 Å². The predicted octanol–water partition coefficient (Wildman–Crippen LogP) is 4.60. The second-order valence-corrected chi connectivity index (χ2v) is 8.72. The topological polar surface area (TPSA) is 106 Å². The van der Waals surface area contributed by atoms with E-state index in [1.54, 1.807) is 43.5 Å². The molecule has 0 fully saturated rings. The zero-order valence-corrected chi connectivity index (χ0v) is 20.8. The number of amides is 1. The van der Waals surface area contributed by atoms with E-state index in [0.29, 0.717) is 51.2 Å². The molecule has 0 aliphatic carbocycles. The smallest absolute Gasteiger partial charge is 0.258 e. The number of likely N-dealkylation sites (N-methyl/N-ethyl adjacent to an activating group) is 1. The molecule has 11 heteroatoms. The van der Waals surface area contributed by atoms with Crippen LogP contribution >= 0.6 is 15.9 Å². The number of hydrogen-bond donors (Lipinski definition) is 1. The summed E-state index contributed by atoms with van der Waals surface area (Å²) in [7, 11) is 3.91. The Morgan fingerprint density at radius 2 is 2.00 bits per heavy atom. The first kappa shape index (κ1) is 24.4. The highest BCUT2D eigenvalue weighted by atomic mass is 79.9. The summed E-state index contributed by atoms with van der Waals surface area (Å²) in [5.74, 6) is 0.713. The second-order valence-electron chi connectivity index (χ2n) is 7.87. The van der Waals surface area contributed by atoms with Crippen molar-refractivity contribution in [1.82, 2.24) is 25.0 Å². The predicted molar refractivity (Wildman–Crippen MR) is 132 cm³/mol. The van der Waals surface area contributed by atoms with E-state index in [4.69, 9.17) is 9.26 Å². The molecule has 0 aliphatic rings. The minimum absolute atomic E-state index is 0.287. The van der Waals surface area contributed by atoms with Gasteiger partial charge in [0.1, 0.15) is 24.0 Å². The molecule has 1 aromatic carbocycles. The minimum atomic E-state index is -0.490. The maximum absolute atomic E-state index is 14.7. The summed E-state index contributed by atoms with van der Waals surface area (Å²) in [4.78, 5) is 27.3. The van der Waals surface area contributed by atoms with Gasteiger partial charge in [0.25, 0.3) is 5.91 Å². The summed E-state index contributed by atoms with van der Waals surface area (Å²) in [6, 6.07) is 9.38. The van der Waals surface area contributed by atoms with Crippen molar-refractivity contribution >= 4 is 27.7 Å². The summed E-state index contributed by atoms with van der Waals surface area (Å²) < 4.78 is 26.1. The van der Waals surface area contributed by atoms with Crippen LogP contribution in [0.15, 0.2) is 57.8 Å². The lowest BCUT2D eigenvalue weighted by Crippen LogP contribution is -2.19. The average Bonchev–Trinajstić information content (AvgIpc) is 3.27. The summed E-state index contributed by atoms with van der Waals surface area (Å²) >= 11 is 3.40. The van der Waals surface area contributed by atoms with Gasteiger partial charge in [-0.2, -0.15) is 4.98 Å². The lowest BCUT2D eigenvalue weighted by Gasteiger charge is -2.13. The Labute approximate surface area is 209 Å². The van der Waals surface area contributed by atoms with Crippen LogP contribution in [0.1, 0.15) is 16.2 Å². The highest BCUT2D eigenvalue weighted by molar-refractivity contribution is 9.10. The van der Waals surface area contributed by atoms with Crippen molar-refractivity contribution in [3.63, 3.8) is 0 Å². The van der Waals surface area contributed by atoms with Gasteiger partial charge in [-0.05, 0) is 54.3 Å².